The molecule has 2 aromatic heterocycles. The molecule has 1 aliphatic rings. The first-order valence-electron chi connectivity index (χ1n) is 7.62. The second-order valence-electron chi connectivity index (χ2n) is 6.71. The molecule has 0 saturated heterocycles. The van der Waals surface area contributed by atoms with E-state index in [0.29, 0.717) is 22.5 Å². The lowest BCUT2D eigenvalue weighted by Crippen LogP contribution is -2.20. The third-order valence-electron chi connectivity index (χ3n) is 3.51. The molecule has 2 heterocycles. The minimum absolute atomic E-state index is 0.376. The molecule has 7 heteroatoms. The van der Waals surface area contributed by atoms with Gasteiger partial charge in [0.05, 0.1) is 10.5 Å². The molecule has 1 atom stereocenters. The Hall–Kier alpha value is -1.47. The third kappa shape index (κ3) is 3.90. The van der Waals surface area contributed by atoms with Gasteiger partial charge in [-0.3, -0.25) is 4.98 Å². The molecule has 5 nitrogen and oxygen atoms in total. The van der Waals surface area contributed by atoms with Crippen LogP contribution in [0.2, 0.25) is 0 Å². The van der Waals surface area contributed by atoms with Crippen LogP contribution in [0.4, 0.5) is 0 Å². The van der Waals surface area contributed by atoms with E-state index in [1.54, 1.807) is 0 Å². The van der Waals surface area contributed by atoms with Gasteiger partial charge in [0.2, 0.25) is 0 Å². The number of aromatic nitrogens is 3. The summed E-state index contributed by atoms with van der Waals surface area (Å²) in [6.07, 6.45) is 4.26. The lowest BCUT2D eigenvalue weighted by molar-refractivity contribution is 0.650. The van der Waals surface area contributed by atoms with Gasteiger partial charge in [0, 0.05) is 23.4 Å². The summed E-state index contributed by atoms with van der Waals surface area (Å²) in [7, 11) is -1.29. The molecule has 2 aromatic rings. The van der Waals surface area contributed by atoms with E-state index in [2.05, 4.69) is 24.8 Å². The summed E-state index contributed by atoms with van der Waals surface area (Å²) >= 11 is 1.29. The summed E-state index contributed by atoms with van der Waals surface area (Å²) in [5.74, 6) is 1.29. The smallest absolute Gasteiger partial charge is 0.173 e. The van der Waals surface area contributed by atoms with E-state index in [-0.39, 0.29) is 4.75 Å². The van der Waals surface area contributed by atoms with E-state index < -0.39 is 11.0 Å². The van der Waals surface area contributed by atoms with Crippen molar-refractivity contribution in [2.45, 2.75) is 51.2 Å². The molecule has 3 rings (SSSR count). The molecule has 0 amide bonds. The maximum atomic E-state index is 12.1. The Morgan fingerprint density at radius 3 is 2.78 bits per heavy atom. The van der Waals surface area contributed by atoms with Crippen molar-refractivity contribution < 1.29 is 4.21 Å². The molecule has 23 heavy (non-hydrogen) atoms. The Morgan fingerprint density at radius 1 is 1.39 bits per heavy atom. The number of pyridine rings is 1. The van der Waals surface area contributed by atoms with Gasteiger partial charge in [0.1, 0.15) is 11.0 Å². The van der Waals surface area contributed by atoms with Gasteiger partial charge in [-0.05, 0) is 64.2 Å². The Morgan fingerprint density at radius 2 is 2.13 bits per heavy atom. The Balaban J connectivity index is 1.84. The van der Waals surface area contributed by atoms with Gasteiger partial charge in [-0.15, -0.1) is 0 Å². The van der Waals surface area contributed by atoms with E-state index in [9.17, 15) is 4.21 Å². The van der Waals surface area contributed by atoms with E-state index in [1.165, 1.54) is 24.4 Å². The molecule has 0 aromatic carbocycles. The van der Waals surface area contributed by atoms with Crippen molar-refractivity contribution in [3.63, 3.8) is 0 Å². The number of hydrogen-bond acceptors (Lipinski definition) is 5. The van der Waals surface area contributed by atoms with Crippen LogP contribution < -0.4 is 0 Å². The maximum Gasteiger partial charge on any atom is 0.173 e. The minimum atomic E-state index is -1.29. The molecule has 122 valence electrons. The Bertz CT molecular complexity index is 772. The molecule has 0 unspecified atom stereocenters. The molecule has 0 N–H and O–H groups in total. The summed E-state index contributed by atoms with van der Waals surface area (Å²) in [5, 5.41) is 0.711. The first-order valence-corrected chi connectivity index (χ1v) is 9.50. The fourth-order valence-corrected chi connectivity index (χ4v) is 3.27. The molecule has 0 spiro atoms. The van der Waals surface area contributed by atoms with Crippen molar-refractivity contribution in [3.8, 4) is 11.4 Å². The van der Waals surface area contributed by atoms with Gasteiger partial charge >= 0.3 is 0 Å². The van der Waals surface area contributed by atoms with Gasteiger partial charge in [-0.25, -0.2) is 9.19 Å². The summed E-state index contributed by atoms with van der Waals surface area (Å²) in [4.78, 5) is 8.97. The Labute approximate surface area is 143 Å². The van der Waals surface area contributed by atoms with Crippen LogP contribution in [-0.2, 0) is 11.0 Å². The van der Waals surface area contributed by atoms with Crippen molar-refractivity contribution in [2.24, 2.45) is 4.40 Å². The highest BCUT2D eigenvalue weighted by Gasteiger charge is 2.25. The fourth-order valence-electron chi connectivity index (χ4n) is 1.98. The van der Waals surface area contributed by atoms with Crippen molar-refractivity contribution >= 4 is 28.2 Å². The standard InChI is InChI=1S/C16H20N4OS2/c1-10(20-23(21)16(2,3)4)15-18-14(19-22-15)12-7-8-17-13(9-12)11-5-6-11/h7-9,11H,5-6H2,1-4H3/b20-10+/t23-/m1/s1. The summed E-state index contributed by atoms with van der Waals surface area (Å²) in [6, 6.07) is 4.00. The first kappa shape index (κ1) is 16.4. The molecule has 1 saturated carbocycles. The highest BCUT2D eigenvalue weighted by molar-refractivity contribution is 7.85. The number of hydrogen-bond donors (Lipinski definition) is 0. The van der Waals surface area contributed by atoms with Crippen LogP contribution in [0.25, 0.3) is 11.4 Å². The molecule has 1 aliphatic carbocycles. The fraction of sp³-hybridized carbons (Fsp3) is 0.500. The molecule has 1 fully saturated rings. The normalized spacial score (nSPS) is 17.3. The van der Waals surface area contributed by atoms with Crippen LogP contribution in [0.3, 0.4) is 0 Å². The highest BCUT2D eigenvalue weighted by Crippen LogP contribution is 2.39. The maximum absolute atomic E-state index is 12.1. The van der Waals surface area contributed by atoms with Crippen LogP contribution >= 0.6 is 11.5 Å². The van der Waals surface area contributed by atoms with Gasteiger partial charge in [0.25, 0.3) is 0 Å². The van der Waals surface area contributed by atoms with Crippen molar-refractivity contribution in [3.05, 3.63) is 29.0 Å². The van der Waals surface area contributed by atoms with Crippen molar-refractivity contribution in [1.82, 2.24) is 14.3 Å². The zero-order chi connectivity index (χ0) is 16.6. The van der Waals surface area contributed by atoms with Crippen LogP contribution in [0.5, 0.6) is 0 Å². The van der Waals surface area contributed by atoms with Gasteiger partial charge < -0.3 is 0 Å². The largest absolute Gasteiger partial charge is 0.261 e. The predicted octanol–water partition coefficient (Wildman–Crippen LogP) is 3.75. The summed E-state index contributed by atoms with van der Waals surface area (Å²) in [5.41, 5.74) is 2.77. The van der Waals surface area contributed by atoms with Crippen LogP contribution in [-0.4, -0.2) is 29.0 Å². The molecule has 0 bridgehead atoms. The van der Waals surface area contributed by atoms with Crippen LogP contribution in [0.1, 0.15) is 57.2 Å². The van der Waals surface area contributed by atoms with Crippen LogP contribution in [0.15, 0.2) is 22.7 Å². The zero-order valence-corrected chi connectivity index (χ0v) is 15.4. The summed E-state index contributed by atoms with van der Waals surface area (Å²) in [6.45, 7) is 7.54. The Kier molecular flexibility index (Phi) is 4.42. The number of rotatable bonds is 4. The topological polar surface area (TPSA) is 68.1 Å². The number of nitrogens with zero attached hydrogens (tertiary/aromatic N) is 4. The lowest BCUT2D eigenvalue weighted by atomic mass is 10.2. The quantitative estimate of drug-likeness (QED) is 0.789. The zero-order valence-electron chi connectivity index (χ0n) is 13.7. The lowest BCUT2D eigenvalue weighted by Gasteiger charge is -2.13. The van der Waals surface area contributed by atoms with E-state index in [1.807, 2.05) is 40.0 Å². The van der Waals surface area contributed by atoms with E-state index >= 15 is 0 Å². The monoisotopic (exact) mass is 348 g/mol. The second-order valence-corrected chi connectivity index (χ2v) is 9.36. The van der Waals surface area contributed by atoms with E-state index in [0.717, 1.165) is 11.3 Å². The molecule has 0 radical (unpaired) electrons. The van der Waals surface area contributed by atoms with Gasteiger partial charge in [0.15, 0.2) is 10.8 Å². The molecular formula is C16H20N4OS2. The van der Waals surface area contributed by atoms with Crippen molar-refractivity contribution in [1.29, 1.82) is 0 Å². The highest BCUT2D eigenvalue weighted by atomic mass is 32.2. The molecule has 0 aliphatic heterocycles. The minimum Gasteiger partial charge on any atom is -0.261 e. The van der Waals surface area contributed by atoms with E-state index in [4.69, 9.17) is 0 Å². The average molecular weight is 348 g/mol. The average Bonchev–Trinajstić information content (AvgIpc) is 3.23. The first-order chi connectivity index (χ1) is 10.8. The second kappa shape index (κ2) is 6.20. The SMILES string of the molecule is C/C(=N\[S@](=O)C(C)(C)C)c1nc(-c2ccnc(C3CC3)c2)ns1. The third-order valence-corrected chi connectivity index (χ3v) is 5.83. The van der Waals surface area contributed by atoms with Crippen LogP contribution in [0, 0.1) is 0 Å². The summed E-state index contributed by atoms with van der Waals surface area (Å²) < 4.78 is 20.4. The van der Waals surface area contributed by atoms with Gasteiger partial charge in [-0.2, -0.15) is 8.77 Å². The van der Waals surface area contributed by atoms with Crippen molar-refractivity contribution in [2.75, 3.05) is 0 Å². The molecular weight excluding hydrogens is 328 g/mol. The predicted molar refractivity (Wildman–Crippen MR) is 95.2 cm³/mol. The van der Waals surface area contributed by atoms with Gasteiger partial charge in [-0.1, -0.05) is 0 Å².